The summed E-state index contributed by atoms with van der Waals surface area (Å²) in [5.41, 5.74) is 5.62. The van der Waals surface area contributed by atoms with E-state index in [-0.39, 0.29) is 5.75 Å². The van der Waals surface area contributed by atoms with Gasteiger partial charge in [0.1, 0.15) is 23.3 Å². The lowest BCUT2D eigenvalue weighted by Gasteiger charge is -2.26. The Morgan fingerprint density at radius 3 is 1.96 bits per heavy atom. The van der Waals surface area contributed by atoms with Crippen molar-refractivity contribution in [2.24, 2.45) is 5.73 Å². The molecule has 2 unspecified atom stereocenters. The molecule has 0 amide bonds. The van der Waals surface area contributed by atoms with Gasteiger partial charge in [0, 0.05) is 0 Å². The van der Waals surface area contributed by atoms with Crippen LogP contribution in [0.2, 0.25) is 0 Å². The van der Waals surface area contributed by atoms with E-state index in [0.29, 0.717) is 5.56 Å². The number of carbonyl (C=O) groups excluding carboxylic acids is 2. The fourth-order valence-corrected chi connectivity index (χ4v) is 2.67. The molecule has 1 aromatic rings. The Bertz CT molecular complexity index is 764. The molecular weight excluding hydrogens is 374 g/mol. The third kappa shape index (κ3) is 7.96. The van der Waals surface area contributed by atoms with E-state index in [2.05, 4.69) is 0 Å². The molecule has 8 nitrogen and oxygen atoms in total. The highest BCUT2D eigenvalue weighted by Crippen LogP contribution is 2.26. The average Bonchev–Trinajstić information content (AvgIpc) is 2.45. The largest absolute Gasteiger partial charge is 0.462 e. The molecule has 0 fully saturated rings. The van der Waals surface area contributed by atoms with Crippen molar-refractivity contribution < 1.29 is 31.7 Å². The zero-order valence-corrected chi connectivity index (χ0v) is 17.2. The molecule has 1 aromatic carbocycles. The van der Waals surface area contributed by atoms with Crippen LogP contribution in [0.5, 0.6) is 5.75 Å². The van der Waals surface area contributed by atoms with Crippen LogP contribution in [-0.4, -0.2) is 44.4 Å². The minimum atomic E-state index is -3.68. The molecule has 0 aromatic heterocycles. The molecule has 0 saturated carbocycles. The van der Waals surface area contributed by atoms with Crippen molar-refractivity contribution in [1.29, 1.82) is 0 Å². The molecule has 0 bridgehead atoms. The fraction of sp³-hybridized carbons (Fsp3) is 0.556. The minimum Gasteiger partial charge on any atom is -0.462 e. The summed E-state index contributed by atoms with van der Waals surface area (Å²) in [5, 5.41) is 0. The first-order valence-corrected chi connectivity index (χ1v) is 10.2. The Kier molecular flexibility index (Phi) is 7.39. The topological polar surface area (TPSA) is 122 Å². The van der Waals surface area contributed by atoms with Gasteiger partial charge in [-0.15, -0.1) is 0 Å². The van der Waals surface area contributed by atoms with Crippen LogP contribution in [0.15, 0.2) is 24.3 Å². The summed E-state index contributed by atoms with van der Waals surface area (Å²) in [6.45, 7) is 8.43. The molecule has 0 heterocycles. The molecule has 0 aliphatic heterocycles. The predicted octanol–water partition coefficient (Wildman–Crippen LogP) is 1.73. The number of hydrogen-bond acceptors (Lipinski definition) is 8. The van der Waals surface area contributed by atoms with E-state index in [1.54, 1.807) is 34.6 Å². The number of rotatable bonds is 7. The van der Waals surface area contributed by atoms with Crippen molar-refractivity contribution in [3.8, 4) is 5.75 Å². The zero-order valence-electron chi connectivity index (χ0n) is 16.4. The molecule has 0 aliphatic carbocycles. The van der Waals surface area contributed by atoms with Crippen LogP contribution in [0, 0.1) is 0 Å². The summed E-state index contributed by atoms with van der Waals surface area (Å²) < 4.78 is 37.7. The summed E-state index contributed by atoms with van der Waals surface area (Å²) in [6, 6.07) is 4.35. The lowest BCUT2D eigenvalue weighted by molar-refractivity contribution is -0.162. The molecule has 2 atom stereocenters. The van der Waals surface area contributed by atoms with Crippen molar-refractivity contribution in [1.82, 2.24) is 0 Å². The predicted molar refractivity (Wildman–Crippen MR) is 99.7 cm³/mol. The third-order valence-electron chi connectivity index (χ3n) is 3.13. The maximum Gasteiger partial charge on any atom is 0.324 e. The highest BCUT2D eigenvalue weighted by molar-refractivity contribution is 7.86. The smallest absolute Gasteiger partial charge is 0.324 e. The van der Waals surface area contributed by atoms with Gasteiger partial charge < -0.3 is 19.4 Å². The molecule has 0 saturated heterocycles. The van der Waals surface area contributed by atoms with Crippen LogP contribution in [0.25, 0.3) is 0 Å². The number of ether oxygens (including phenoxy) is 2. The maximum atomic E-state index is 12.5. The van der Waals surface area contributed by atoms with Crippen molar-refractivity contribution >= 4 is 22.1 Å². The second kappa shape index (κ2) is 8.71. The van der Waals surface area contributed by atoms with Crippen LogP contribution < -0.4 is 9.92 Å². The first-order valence-electron chi connectivity index (χ1n) is 8.38. The summed E-state index contributed by atoms with van der Waals surface area (Å²) in [6.07, 6.45) is 0.515. The molecule has 0 spiro atoms. The van der Waals surface area contributed by atoms with Gasteiger partial charge in [-0.2, -0.15) is 8.42 Å². The maximum absolute atomic E-state index is 12.5. The molecule has 9 heteroatoms. The molecule has 27 heavy (non-hydrogen) atoms. The first-order chi connectivity index (χ1) is 12.2. The number of carbonyl (C=O) groups is 2. The highest BCUT2D eigenvalue weighted by Gasteiger charge is 2.36. The quantitative estimate of drug-likeness (QED) is 0.541. The Balaban J connectivity index is 3.18. The van der Waals surface area contributed by atoms with Gasteiger partial charge in [-0.3, -0.25) is 9.59 Å². The van der Waals surface area contributed by atoms with Crippen LogP contribution in [0.3, 0.4) is 0 Å². The van der Waals surface area contributed by atoms with Crippen molar-refractivity contribution in [2.75, 3.05) is 6.26 Å². The normalized spacial score (nSPS) is 14.4. The van der Waals surface area contributed by atoms with Crippen LogP contribution in [0.1, 0.15) is 46.1 Å². The van der Waals surface area contributed by atoms with E-state index in [9.17, 15) is 18.0 Å². The van der Waals surface area contributed by atoms with E-state index in [0.717, 1.165) is 6.26 Å². The third-order valence-corrected chi connectivity index (χ3v) is 3.63. The Morgan fingerprint density at radius 1 is 1.04 bits per heavy atom. The van der Waals surface area contributed by atoms with E-state index in [1.807, 2.05) is 0 Å². The first kappa shape index (κ1) is 22.9. The Morgan fingerprint density at radius 2 is 1.56 bits per heavy atom. The van der Waals surface area contributed by atoms with Gasteiger partial charge in [0.25, 0.3) is 0 Å². The number of benzene rings is 1. The van der Waals surface area contributed by atoms with Gasteiger partial charge in [-0.05, 0) is 52.3 Å². The van der Waals surface area contributed by atoms with E-state index < -0.39 is 45.7 Å². The van der Waals surface area contributed by atoms with Crippen molar-refractivity contribution in [3.05, 3.63) is 29.8 Å². The Labute approximate surface area is 160 Å². The summed E-state index contributed by atoms with van der Waals surface area (Å²) >= 11 is 0. The van der Waals surface area contributed by atoms with Crippen LogP contribution in [-0.2, 0) is 29.2 Å². The number of hydrogen-bond donors (Lipinski definition) is 1. The number of nitrogens with two attached hydrogens (primary N) is 1. The Hall–Kier alpha value is -2.13. The monoisotopic (exact) mass is 401 g/mol. The van der Waals surface area contributed by atoms with Gasteiger partial charge in [-0.1, -0.05) is 12.1 Å². The van der Waals surface area contributed by atoms with Gasteiger partial charge in [0.15, 0.2) is 0 Å². The molecular formula is C18H27NO7S. The number of esters is 2. The average molecular weight is 401 g/mol. The lowest BCUT2D eigenvalue weighted by atomic mass is 9.91. The van der Waals surface area contributed by atoms with E-state index in [4.69, 9.17) is 19.4 Å². The molecule has 0 radical (unpaired) electrons. The summed E-state index contributed by atoms with van der Waals surface area (Å²) in [5.74, 6) is -2.47. The second-order valence-electron chi connectivity index (χ2n) is 7.38. The summed E-state index contributed by atoms with van der Waals surface area (Å²) in [7, 11) is -3.68. The van der Waals surface area contributed by atoms with Crippen molar-refractivity contribution in [2.45, 2.75) is 58.3 Å². The minimum absolute atomic E-state index is 0.0723. The highest BCUT2D eigenvalue weighted by atomic mass is 32.2. The molecule has 2 N–H and O–H groups in total. The summed E-state index contributed by atoms with van der Waals surface area (Å²) in [4.78, 5) is 24.9. The van der Waals surface area contributed by atoms with Crippen molar-refractivity contribution in [3.63, 3.8) is 0 Å². The SMILES string of the molecule is CC(C)OC(=O)C(c1ccc(OS(C)(=O)=O)cc1)C(N)C(=O)OC(C)(C)C. The lowest BCUT2D eigenvalue weighted by Crippen LogP contribution is -2.45. The van der Waals surface area contributed by atoms with Gasteiger partial charge in [0.2, 0.25) is 0 Å². The zero-order chi connectivity index (χ0) is 21.0. The fourth-order valence-electron chi connectivity index (χ4n) is 2.21. The second-order valence-corrected chi connectivity index (χ2v) is 8.95. The molecule has 1 rings (SSSR count). The molecule has 0 aliphatic rings. The van der Waals surface area contributed by atoms with Crippen LogP contribution in [0.4, 0.5) is 0 Å². The molecule has 152 valence electrons. The standard InChI is InChI=1S/C18H27NO7S/c1-11(2)24-16(20)14(15(19)17(21)25-18(3,4)5)12-7-9-13(10-8-12)26-27(6,22)23/h7-11,14-15H,19H2,1-6H3. The van der Waals surface area contributed by atoms with Gasteiger partial charge in [0.05, 0.1) is 12.4 Å². The van der Waals surface area contributed by atoms with Gasteiger partial charge >= 0.3 is 22.1 Å². The van der Waals surface area contributed by atoms with Crippen LogP contribution >= 0.6 is 0 Å². The van der Waals surface area contributed by atoms with E-state index in [1.165, 1.54) is 24.3 Å². The van der Waals surface area contributed by atoms with Gasteiger partial charge in [-0.25, -0.2) is 0 Å². The van der Waals surface area contributed by atoms with E-state index >= 15 is 0 Å².